The molecular formula is C8H10O3. The van der Waals surface area contributed by atoms with Crippen LogP contribution in [0, 0.1) is 0 Å². The van der Waals surface area contributed by atoms with Gasteiger partial charge in [0.15, 0.2) is 5.78 Å². The standard InChI is InChI=1S/C8H10O3/c9-7-1-3-11-8(5-7)2-4-10-6-8/h1,3H,2,4-6H2. The highest BCUT2D eigenvalue weighted by Gasteiger charge is 2.39. The molecule has 0 aliphatic carbocycles. The topological polar surface area (TPSA) is 35.5 Å². The lowest BCUT2D eigenvalue weighted by molar-refractivity contribution is -0.122. The van der Waals surface area contributed by atoms with Gasteiger partial charge in [0, 0.05) is 12.5 Å². The fourth-order valence-electron chi connectivity index (χ4n) is 1.49. The maximum Gasteiger partial charge on any atom is 0.162 e. The summed E-state index contributed by atoms with van der Waals surface area (Å²) in [5.41, 5.74) is -0.314. The third-order valence-electron chi connectivity index (χ3n) is 2.14. The van der Waals surface area contributed by atoms with Gasteiger partial charge in [0.25, 0.3) is 0 Å². The number of ether oxygens (including phenoxy) is 2. The van der Waals surface area contributed by atoms with Crippen LogP contribution in [0.3, 0.4) is 0 Å². The second-order valence-electron chi connectivity index (χ2n) is 3.05. The van der Waals surface area contributed by atoms with Gasteiger partial charge in [-0.3, -0.25) is 4.79 Å². The van der Waals surface area contributed by atoms with Crippen molar-refractivity contribution in [3.63, 3.8) is 0 Å². The summed E-state index contributed by atoms with van der Waals surface area (Å²) in [5.74, 6) is 0.141. The van der Waals surface area contributed by atoms with E-state index in [1.54, 1.807) is 0 Å². The van der Waals surface area contributed by atoms with Crippen LogP contribution in [0.1, 0.15) is 12.8 Å². The molecule has 2 heterocycles. The third kappa shape index (κ3) is 1.16. The Morgan fingerprint density at radius 3 is 3.09 bits per heavy atom. The van der Waals surface area contributed by atoms with Gasteiger partial charge in [0.2, 0.25) is 0 Å². The molecule has 11 heavy (non-hydrogen) atoms. The molecule has 1 spiro atoms. The van der Waals surface area contributed by atoms with Crippen LogP contribution < -0.4 is 0 Å². The fourth-order valence-corrected chi connectivity index (χ4v) is 1.49. The number of hydrogen-bond acceptors (Lipinski definition) is 3. The normalized spacial score (nSPS) is 36.2. The van der Waals surface area contributed by atoms with Gasteiger partial charge >= 0.3 is 0 Å². The Balaban J connectivity index is 2.15. The van der Waals surface area contributed by atoms with E-state index in [1.807, 2.05) is 0 Å². The maximum absolute atomic E-state index is 11.0. The second-order valence-corrected chi connectivity index (χ2v) is 3.05. The van der Waals surface area contributed by atoms with E-state index in [0.29, 0.717) is 19.6 Å². The monoisotopic (exact) mass is 154 g/mol. The number of carbonyl (C=O) groups is 1. The zero-order chi connectivity index (χ0) is 7.73. The van der Waals surface area contributed by atoms with Crippen molar-refractivity contribution in [2.24, 2.45) is 0 Å². The van der Waals surface area contributed by atoms with Crippen molar-refractivity contribution < 1.29 is 14.3 Å². The molecule has 0 bridgehead atoms. The zero-order valence-electron chi connectivity index (χ0n) is 6.21. The highest BCUT2D eigenvalue weighted by molar-refractivity contribution is 5.90. The average Bonchev–Trinajstić information content (AvgIpc) is 2.37. The Labute approximate surface area is 65.0 Å². The van der Waals surface area contributed by atoms with E-state index < -0.39 is 0 Å². The van der Waals surface area contributed by atoms with Gasteiger partial charge in [-0.1, -0.05) is 0 Å². The molecule has 0 saturated carbocycles. The molecule has 3 heteroatoms. The molecule has 0 radical (unpaired) electrons. The molecule has 60 valence electrons. The van der Waals surface area contributed by atoms with Gasteiger partial charge in [-0.25, -0.2) is 0 Å². The van der Waals surface area contributed by atoms with Crippen LogP contribution in [0.25, 0.3) is 0 Å². The second kappa shape index (κ2) is 2.34. The van der Waals surface area contributed by atoms with Crippen molar-refractivity contribution in [3.05, 3.63) is 12.3 Å². The summed E-state index contributed by atoms with van der Waals surface area (Å²) in [6.07, 6.45) is 4.27. The minimum atomic E-state index is -0.314. The van der Waals surface area contributed by atoms with E-state index in [0.717, 1.165) is 6.42 Å². The first-order valence-corrected chi connectivity index (χ1v) is 3.76. The van der Waals surface area contributed by atoms with E-state index in [2.05, 4.69) is 0 Å². The first-order chi connectivity index (χ1) is 5.31. The lowest BCUT2D eigenvalue weighted by atomic mass is 9.94. The Morgan fingerprint density at radius 2 is 2.45 bits per heavy atom. The first-order valence-electron chi connectivity index (χ1n) is 3.76. The van der Waals surface area contributed by atoms with Gasteiger partial charge in [-0.05, 0) is 0 Å². The Morgan fingerprint density at radius 1 is 1.55 bits per heavy atom. The molecule has 0 aromatic rings. The van der Waals surface area contributed by atoms with Gasteiger partial charge in [0.05, 0.1) is 25.9 Å². The summed E-state index contributed by atoms with van der Waals surface area (Å²) >= 11 is 0. The van der Waals surface area contributed by atoms with Crippen LogP contribution in [-0.4, -0.2) is 24.6 Å². The molecule has 0 aromatic carbocycles. The van der Waals surface area contributed by atoms with Crippen molar-refractivity contribution in [3.8, 4) is 0 Å². The van der Waals surface area contributed by atoms with Crippen LogP contribution in [0.2, 0.25) is 0 Å². The average molecular weight is 154 g/mol. The quantitative estimate of drug-likeness (QED) is 0.514. The molecule has 1 atom stereocenters. The predicted molar refractivity (Wildman–Crippen MR) is 38.0 cm³/mol. The highest BCUT2D eigenvalue weighted by Crippen LogP contribution is 2.29. The van der Waals surface area contributed by atoms with Crippen molar-refractivity contribution in [2.75, 3.05) is 13.2 Å². The van der Waals surface area contributed by atoms with E-state index in [-0.39, 0.29) is 11.4 Å². The fraction of sp³-hybridized carbons (Fsp3) is 0.625. The van der Waals surface area contributed by atoms with Gasteiger partial charge in [-0.2, -0.15) is 0 Å². The van der Waals surface area contributed by atoms with Crippen LogP contribution >= 0.6 is 0 Å². The first kappa shape index (κ1) is 6.85. The summed E-state index contributed by atoms with van der Waals surface area (Å²) in [5, 5.41) is 0. The smallest absolute Gasteiger partial charge is 0.162 e. The molecule has 0 aromatic heterocycles. The minimum absolute atomic E-state index is 0.141. The summed E-state index contributed by atoms with van der Waals surface area (Å²) in [7, 11) is 0. The third-order valence-corrected chi connectivity index (χ3v) is 2.14. The number of ketones is 1. The maximum atomic E-state index is 11.0. The summed E-state index contributed by atoms with van der Waals surface area (Å²) in [6.45, 7) is 1.27. The van der Waals surface area contributed by atoms with Crippen molar-refractivity contribution >= 4 is 5.78 Å². The number of rotatable bonds is 0. The van der Waals surface area contributed by atoms with Gasteiger partial charge < -0.3 is 9.47 Å². The van der Waals surface area contributed by atoms with Gasteiger partial charge in [-0.15, -0.1) is 0 Å². The van der Waals surface area contributed by atoms with Crippen LogP contribution in [0.15, 0.2) is 12.3 Å². The molecule has 1 saturated heterocycles. The molecule has 2 rings (SSSR count). The zero-order valence-corrected chi connectivity index (χ0v) is 6.21. The van der Waals surface area contributed by atoms with Crippen molar-refractivity contribution in [1.82, 2.24) is 0 Å². The van der Waals surface area contributed by atoms with Crippen LogP contribution in [-0.2, 0) is 14.3 Å². The highest BCUT2D eigenvalue weighted by atomic mass is 16.6. The Bertz CT molecular complexity index is 201. The number of allylic oxidation sites excluding steroid dienone is 1. The SMILES string of the molecule is O=C1C=COC2(CCOC2)C1. The number of carbonyl (C=O) groups excluding carboxylic acids is 1. The largest absolute Gasteiger partial charge is 0.492 e. The Hall–Kier alpha value is -0.830. The molecule has 3 nitrogen and oxygen atoms in total. The molecule has 0 N–H and O–H groups in total. The summed E-state index contributed by atoms with van der Waals surface area (Å²) in [4.78, 5) is 11.0. The summed E-state index contributed by atoms with van der Waals surface area (Å²) in [6, 6.07) is 0. The van der Waals surface area contributed by atoms with E-state index in [1.165, 1.54) is 12.3 Å². The van der Waals surface area contributed by atoms with Gasteiger partial charge in [0.1, 0.15) is 5.60 Å². The summed E-state index contributed by atoms with van der Waals surface area (Å²) < 4.78 is 10.5. The van der Waals surface area contributed by atoms with E-state index in [9.17, 15) is 4.79 Å². The minimum Gasteiger partial charge on any atom is -0.492 e. The predicted octanol–water partition coefficient (Wildman–Crippen LogP) is 0.649. The molecule has 2 aliphatic rings. The molecular weight excluding hydrogens is 144 g/mol. The molecule has 0 amide bonds. The van der Waals surface area contributed by atoms with E-state index in [4.69, 9.17) is 9.47 Å². The van der Waals surface area contributed by atoms with Crippen molar-refractivity contribution in [1.29, 1.82) is 0 Å². The molecule has 2 aliphatic heterocycles. The van der Waals surface area contributed by atoms with Crippen LogP contribution in [0.5, 0.6) is 0 Å². The van der Waals surface area contributed by atoms with E-state index >= 15 is 0 Å². The lowest BCUT2D eigenvalue weighted by Gasteiger charge is -2.28. The lowest BCUT2D eigenvalue weighted by Crippen LogP contribution is -2.36. The van der Waals surface area contributed by atoms with Crippen molar-refractivity contribution in [2.45, 2.75) is 18.4 Å². The molecule has 1 unspecified atom stereocenters. The number of hydrogen-bond donors (Lipinski definition) is 0. The Kier molecular flexibility index (Phi) is 1.46. The van der Waals surface area contributed by atoms with Crippen LogP contribution in [0.4, 0.5) is 0 Å². The molecule has 1 fully saturated rings.